The Bertz CT molecular complexity index is 536. The van der Waals surface area contributed by atoms with E-state index in [-0.39, 0.29) is 0 Å². The zero-order valence-electron chi connectivity index (χ0n) is 11.5. The highest BCUT2D eigenvalue weighted by Crippen LogP contribution is 2.10. The predicted molar refractivity (Wildman–Crippen MR) is 80.6 cm³/mol. The van der Waals surface area contributed by atoms with E-state index in [1.165, 1.54) is 0 Å². The zero-order chi connectivity index (χ0) is 15.0. The predicted octanol–water partition coefficient (Wildman–Crippen LogP) is 3.84. The first-order valence-electron chi connectivity index (χ1n) is 6.49. The summed E-state index contributed by atoms with van der Waals surface area (Å²) in [5.74, 6) is 1.75. The average molecular weight is 317 g/mol. The van der Waals surface area contributed by atoms with E-state index in [4.69, 9.17) is 23.2 Å². The van der Waals surface area contributed by atoms with Gasteiger partial charge in [-0.3, -0.25) is 4.79 Å². The van der Waals surface area contributed by atoms with Gasteiger partial charge in [0.2, 0.25) is 0 Å². The Hall–Kier alpha value is -1.33. The molecule has 0 fully saturated rings. The Morgan fingerprint density at radius 1 is 1.15 bits per heavy atom. The number of nitrogens with zero attached hydrogens (tertiary/aromatic N) is 2. The van der Waals surface area contributed by atoms with Gasteiger partial charge in [-0.1, -0.05) is 37.0 Å². The first kappa shape index (κ1) is 16.7. The molecule has 110 valence electrons. The van der Waals surface area contributed by atoms with Crippen LogP contribution in [0.4, 0.5) is 0 Å². The number of H-pyrrole nitrogens is 2. The van der Waals surface area contributed by atoms with Gasteiger partial charge in [-0.25, -0.2) is 9.97 Å². The highest BCUT2D eigenvalue weighted by molar-refractivity contribution is 6.31. The van der Waals surface area contributed by atoms with Crippen molar-refractivity contribution in [2.24, 2.45) is 0 Å². The molecule has 2 aromatic heterocycles. The van der Waals surface area contributed by atoms with Crippen LogP contribution in [0.1, 0.15) is 48.8 Å². The largest absolute Gasteiger partial charge is 0.333 e. The van der Waals surface area contributed by atoms with Gasteiger partial charge in [-0.15, -0.1) is 0 Å². The number of nitrogens with one attached hydrogen (secondary N) is 2. The van der Waals surface area contributed by atoms with Crippen molar-refractivity contribution >= 4 is 29.5 Å². The van der Waals surface area contributed by atoms with Crippen LogP contribution in [0.25, 0.3) is 0 Å². The Morgan fingerprint density at radius 3 is 2.25 bits per heavy atom. The van der Waals surface area contributed by atoms with Gasteiger partial charge in [-0.05, 0) is 12.8 Å². The van der Waals surface area contributed by atoms with Gasteiger partial charge in [0.15, 0.2) is 6.29 Å². The number of imidazole rings is 2. The van der Waals surface area contributed by atoms with Crippen LogP contribution in [0.2, 0.25) is 10.3 Å². The standard InChI is InChI=1S/C7H9ClN2O.C6H9ClN2/c1-2-3-6-9-5(4-11)7(8)10-6;1-2-3-6-8-4-5(7)9-6/h4H,2-3H2,1H3,(H,9,10);4H,2-3H2,1H3,(H,8,9). The molecule has 2 aromatic rings. The van der Waals surface area contributed by atoms with E-state index >= 15 is 0 Å². The number of halogens is 2. The number of aromatic nitrogens is 4. The number of hydrogen-bond acceptors (Lipinski definition) is 3. The fourth-order valence-corrected chi connectivity index (χ4v) is 1.90. The molecule has 0 unspecified atom stereocenters. The molecule has 0 saturated carbocycles. The summed E-state index contributed by atoms with van der Waals surface area (Å²) in [4.78, 5) is 24.0. The molecule has 7 heteroatoms. The van der Waals surface area contributed by atoms with Crippen molar-refractivity contribution in [3.05, 3.63) is 33.8 Å². The third kappa shape index (κ3) is 5.35. The van der Waals surface area contributed by atoms with Crippen LogP contribution in [-0.4, -0.2) is 26.2 Å². The van der Waals surface area contributed by atoms with Crippen LogP contribution >= 0.6 is 23.2 Å². The van der Waals surface area contributed by atoms with E-state index in [0.717, 1.165) is 37.3 Å². The van der Waals surface area contributed by atoms with Gasteiger partial charge >= 0.3 is 0 Å². The number of aromatic amines is 2. The summed E-state index contributed by atoms with van der Waals surface area (Å²) in [6.45, 7) is 4.15. The quantitative estimate of drug-likeness (QED) is 0.823. The van der Waals surface area contributed by atoms with Gasteiger partial charge in [0.05, 0.1) is 6.20 Å². The normalized spacial score (nSPS) is 10.0. The van der Waals surface area contributed by atoms with Crippen molar-refractivity contribution in [2.45, 2.75) is 39.5 Å². The lowest BCUT2D eigenvalue weighted by molar-refractivity contribution is 0.111. The summed E-state index contributed by atoms with van der Waals surface area (Å²) in [5, 5.41) is 0.960. The van der Waals surface area contributed by atoms with Gasteiger partial charge in [-0.2, -0.15) is 0 Å². The van der Waals surface area contributed by atoms with Crippen LogP contribution in [-0.2, 0) is 12.8 Å². The maximum absolute atomic E-state index is 10.3. The molecule has 0 atom stereocenters. The van der Waals surface area contributed by atoms with Crippen LogP contribution in [0.3, 0.4) is 0 Å². The fourth-order valence-electron chi connectivity index (χ4n) is 1.55. The van der Waals surface area contributed by atoms with Crippen LogP contribution in [0.15, 0.2) is 6.20 Å². The van der Waals surface area contributed by atoms with Crippen LogP contribution in [0.5, 0.6) is 0 Å². The molecule has 20 heavy (non-hydrogen) atoms. The lowest BCUT2D eigenvalue weighted by Gasteiger charge is -1.86. The maximum Gasteiger partial charge on any atom is 0.171 e. The van der Waals surface area contributed by atoms with E-state index < -0.39 is 0 Å². The molecule has 2 heterocycles. The number of rotatable bonds is 5. The lowest BCUT2D eigenvalue weighted by Crippen LogP contribution is -1.85. The molecule has 0 saturated heterocycles. The number of carbonyl (C=O) groups is 1. The van der Waals surface area contributed by atoms with Crippen LogP contribution < -0.4 is 0 Å². The third-order valence-electron chi connectivity index (χ3n) is 2.42. The first-order chi connectivity index (χ1) is 9.60. The minimum absolute atomic E-state index is 0.301. The van der Waals surface area contributed by atoms with Gasteiger partial charge < -0.3 is 9.97 Å². The molecular weight excluding hydrogens is 299 g/mol. The monoisotopic (exact) mass is 316 g/mol. The second-order valence-electron chi connectivity index (χ2n) is 4.18. The Morgan fingerprint density at radius 2 is 1.80 bits per heavy atom. The summed E-state index contributed by atoms with van der Waals surface area (Å²) >= 11 is 11.2. The first-order valence-corrected chi connectivity index (χ1v) is 7.25. The van der Waals surface area contributed by atoms with E-state index in [1.54, 1.807) is 6.20 Å². The Labute approximate surface area is 128 Å². The summed E-state index contributed by atoms with van der Waals surface area (Å²) in [6, 6.07) is 0. The zero-order valence-corrected chi connectivity index (χ0v) is 13.1. The van der Waals surface area contributed by atoms with Crippen molar-refractivity contribution in [1.82, 2.24) is 19.9 Å². The molecule has 0 aliphatic rings. The number of hydrogen-bond donors (Lipinski definition) is 2. The smallest absolute Gasteiger partial charge is 0.171 e. The molecule has 0 radical (unpaired) electrons. The summed E-state index contributed by atoms with van der Waals surface area (Å²) in [6.07, 6.45) is 6.18. The number of aryl methyl sites for hydroxylation is 2. The Kier molecular flexibility index (Phi) is 7.33. The number of carbonyl (C=O) groups excluding carboxylic acids is 1. The van der Waals surface area contributed by atoms with Crippen molar-refractivity contribution < 1.29 is 4.79 Å². The maximum atomic E-state index is 10.3. The second kappa shape index (κ2) is 8.76. The minimum Gasteiger partial charge on any atom is -0.333 e. The molecule has 0 aromatic carbocycles. The van der Waals surface area contributed by atoms with E-state index in [1.807, 2.05) is 6.92 Å². The second-order valence-corrected chi connectivity index (χ2v) is 4.96. The van der Waals surface area contributed by atoms with Gasteiger partial charge in [0, 0.05) is 12.8 Å². The minimum atomic E-state index is 0.301. The topological polar surface area (TPSA) is 74.4 Å². The molecular formula is C13H18Cl2N4O. The van der Waals surface area contributed by atoms with Crippen LogP contribution in [0, 0.1) is 0 Å². The van der Waals surface area contributed by atoms with Crippen molar-refractivity contribution in [3.8, 4) is 0 Å². The van der Waals surface area contributed by atoms with Gasteiger partial charge in [0.1, 0.15) is 27.6 Å². The van der Waals surface area contributed by atoms with Crippen molar-refractivity contribution in [2.75, 3.05) is 0 Å². The summed E-state index contributed by atoms with van der Waals surface area (Å²) in [7, 11) is 0. The molecule has 0 aliphatic carbocycles. The van der Waals surface area contributed by atoms with Crippen molar-refractivity contribution in [1.29, 1.82) is 0 Å². The SMILES string of the molecule is CCCc1nc(C=O)c(Cl)[nH]1.CCCc1ncc(Cl)[nH]1. The molecule has 5 nitrogen and oxygen atoms in total. The molecule has 0 amide bonds. The molecule has 0 bridgehead atoms. The van der Waals surface area contributed by atoms with E-state index in [9.17, 15) is 4.79 Å². The number of aldehydes is 1. The Balaban J connectivity index is 0.000000204. The molecule has 2 N–H and O–H groups in total. The molecule has 0 spiro atoms. The average Bonchev–Trinajstić information content (AvgIpc) is 2.97. The fraction of sp³-hybridized carbons (Fsp3) is 0.462. The third-order valence-corrected chi connectivity index (χ3v) is 2.90. The van der Waals surface area contributed by atoms with E-state index in [2.05, 4.69) is 26.9 Å². The highest BCUT2D eigenvalue weighted by atomic mass is 35.5. The summed E-state index contributed by atoms with van der Waals surface area (Å²) in [5.41, 5.74) is 0.301. The summed E-state index contributed by atoms with van der Waals surface area (Å²) < 4.78 is 0. The van der Waals surface area contributed by atoms with Crippen molar-refractivity contribution in [3.63, 3.8) is 0 Å². The van der Waals surface area contributed by atoms with E-state index in [0.29, 0.717) is 22.3 Å². The van der Waals surface area contributed by atoms with Gasteiger partial charge in [0.25, 0.3) is 0 Å². The lowest BCUT2D eigenvalue weighted by atomic mass is 10.3. The molecule has 2 rings (SSSR count). The molecule has 0 aliphatic heterocycles. The highest BCUT2D eigenvalue weighted by Gasteiger charge is 2.05.